The normalized spacial score (nSPS) is 15.6. The quantitative estimate of drug-likeness (QED) is 0.430. The fourth-order valence-corrected chi connectivity index (χ4v) is 1.99. The summed E-state index contributed by atoms with van der Waals surface area (Å²) in [6.45, 7) is 1.62. The maximum absolute atomic E-state index is 13.4. The Hall–Kier alpha value is -1.12. The van der Waals surface area contributed by atoms with Crippen molar-refractivity contribution in [1.29, 1.82) is 0 Å². The second-order valence-corrected chi connectivity index (χ2v) is 5.46. The van der Waals surface area contributed by atoms with Crippen LogP contribution < -0.4 is 0 Å². The summed E-state index contributed by atoms with van der Waals surface area (Å²) < 4.78 is 114. The molecule has 1 aromatic rings. The third kappa shape index (κ3) is 3.70. The Morgan fingerprint density at radius 2 is 1.26 bits per heavy atom. The van der Waals surface area contributed by atoms with Crippen LogP contribution in [0.15, 0.2) is 24.3 Å². The van der Waals surface area contributed by atoms with Gasteiger partial charge in [-0.3, -0.25) is 0 Å². The first-order chi connectivity index (χ1) is 10.1. The molecule has 1 rings (SSSR count). The van der Waals surface area contributed by atoms with Crippen LogP contribution in [0.25, 0.3) is 0 Å². The summed E-state index contributed by atoms with van der Waals surface area (Å²) >= 11 is 5.47. The van der Waals surface area contributed by atoms with Crippen molar-refractivity contribution in [2.24, 2.45) is 0 Å². The minimum Gasteiger partial charge on any atom is -0.200 e. The second-order valence-electron chi connectivity index (χ2n) is 4.93. The van der Waals surface area contributed by atoms with E-state index < -0.39 is 35.7 Å². The highest BCUT2D eigenvalue weighted by molar-refractivity contribution is 6.20. The zero-order valence-corrected chi connectivity index (χ0v) is 12.1. The molecule has 0 heterocycles. The van der Waals surface area contributed by atoms with Gasteiger partial charge in [-0.1, -0.05) is 29.8 Å². The highest BCUT2D eigenvalue weighted by Crippen LogP contribution is 2.55. The van der Waals surface area contributed by atoms with E-state index >= 15 is 0 Å². The van der Waals surface area contributed by atoms with Gasteiger partial charge in [-0.2, -0.15) is 39.5 Å². The first-order valence-corrected chi connectivity index (χ1v) is 6.48. The van der Waals surface area contributed by atoms with E-state index in [1.54, 1.807) is 6.92 Å². The predicted octanol–water partition coefficient (Wildman–Crippen LogP) is 6.13. The zero-order valence-electron chi connectivity index (χ0n) is 11.4. The summed E-state index contributed by atoms with van der Waals surface area (Å²) in [5, 5.41) is -1.87. The Bertz CT molecular complexity index is 533. The van der Waals surface area contributed by atoms with E-state index in [2.05, 4.69) is 0 Å². The maximum atomic E-state index is 13.4. The van der Waals surface area contributed by atoms with Crippen molar-refractivity contribution in [2.45, 2.75) is 42.7 Å². The van der Waals surface area contributed by atoms with Crippen LogP contribution in [0, 0.1) is 6.92 Å². The highest BCUT2D eigenvalue weighted by atomic mass is 35.5. The Morgan fingerprint density at radius 1 is 0.826 bits per heavy atom. The summed E-state index contributed by atoms with van der Waals surface area (Å²) in [6, 6.07) is 5.16. The Morgan fingerprint density at radius 3 is 1.65 bits per heavy atom. The largest absolute Gasteiger partial charge is 0.460 e. The molecular weight excluding hydrogens is 363 g/mol. The topological polar surface area (TPSA) is 0 Å². The van der Waals surface area contributed by atoms with Gasteiger partial charge in [0.1, 0.15) is 0 Å². The molecule has 0 aromatic heterocycles. The standard InChI is InChI=1S/C13H10ClF9/c1-7-2-4-8(5-3-7)9(14)6-10(15,16)11(17,18)12(19,20)13(21,22)23/h2-5,9H,6H2,1H3. The lowest BCUT2D eigenvalue weighted by Crippen LogP contribution is -2.61. The molecular formula is C13H10ClF9. The third-order valence-electron chi connectivity index (χ3n) is 3.08. The summed E-state index contributed by atoms with van der Waals surface area (Å²) in [6.07, 6.45) is -8.91. The molecule has 0 amide bonds. The molecule has 0 nitrogen and oxygen atoms in total. The number of hydrogen-bond donors (Lipinski definition) is 0. The molecule has 0 N–H and O–H groups in total. The number of alkyl halides is 10. The van der Waals surface area contributed by atoms with Gasteiger partial charge >= 0.3 is 23.9 Å². The molecule has 0 aliphatic heterocycles. The SMILES string of the molecule is Cc1ccc(C(Cl)CC(F)(F)C(F)(F)C(F)(F)C(F)(F)F)cc1. The van der Waals surface area contributed by atoms with Gasteiger partial charge in [0.05, 0.1) is 5.38 Å². The van der Waals surface area contributed by atoms with Gasteiger partial charge in [0.25, 0.3) is 0 Å². The van der Waals surface area contributed by atoms with Crippen molar-refractivity contribution in [1.82, 2.24) is 0 Å². The predicted molar refractivity (Wildman–Crippen MR) is 65.3 cm³/mol. The van der Waals surface area contributed by atoms with Crippen molar-refractivity contribution < 1.29 is 39.5 Å². The van der Waals surface area contributed by atoms with Crippen molar-refractivity contribution in [3.8, 4) is 0 Å². The van der Waals surface area contributed by atoms with Crippen LogP contribution in [0.5, 0.6) is 0 Å². The number of aryl methyl sites for hydroxylation is 1. The van der Waals surface area contributed by atoms with Crippen molar-refractivity contribution in [3.05, 3.63) is 35.4 Å². The molecule has 0 saturated heterocycles. The van der Waals surface area contributed by atoms with Crippen LogP contribution in [-0.2, 0) is 0 Å². The molecule has 0 fully saturated rings. The Labute approximate surface area is 130 Å². The maximum Gasteiger partial charge on any atom is 0.460 e. The first kappa shape index (κ1) is 19.9. The van der Waals surface area contributed by atoms with E-state index in [1.807, 2.05) is 0 Å². The molecule has 0 bridgehead atoms. The number of benzene rings is 1. The minimum absolute atomic E-state index is 0.108. The van der Waals surface area contributed by atoms with Crippen molar-refractivity contribution in [3.63, 3.8) is 0 Å². The van der Waals surface area contributed by atoms with E-state index in [0.717, 1.165) is 0 Å². The van der Waals surface area contributed by atoms with Gasteiger partial charge in [-0.15, -0.1) is 11.6 Å². The molecule has 1 aromatic carbocycles. The smallest absolute Gasteiger partial charge is 0.200 e. The number of hydrogen-bond acceptors (Lipinski definition) is 0. The van der Waals surface area contributed by atoms with E-state index in [9.17, 15) is 39.5 Å². The van der Waals surface area contributed by atoms with E-state index in [4.69, 9.17) is 11.6 Å². The summed E-state index contributed by atoms with van der Waals surface area (Å²) in [5.74, 6) is -19.2. The van der Waals surface area contributed by atoms with E-state index in [0.29, 0.717) is 5.56 Å². The molecule has 0 aliphatic rings. The monoisotopic (exact) mass is 372 g/mol. The molecule has 1 unspecified atom stereocenters. The molecule has 132 valence electrons. The first-order valence-electron chi connectivity index (χ1n) is 6.04. The van der Waals surface area contributed by atoms with E-state index in [-0.39, 0.29) is 5.56 Å². The fourth-order valence-electron chi connectivity index (χ4n) is 1.65. The summed E-state index contributed by atoms with van der Waals surface area (Å²) in [5.41, 5.74) is 0.571. The lowest BCUT2D eigenvalue weighted by atomic mass is 9.96. The average Bonchev–Trinajstić information content (AvgIpc) is 2.37. The summed E-state index contributed by atoms with van der Waals surface area (Å²) in [7, 11) is 0. The van der Waals surface area contributed by atoms with Gasteiger partial charge in [-0.25, -0.2) is 0 Å². The lowest BCUT2D eigenvalue weighted by Gasteiger charge is -2.34. The van der Waals surface area contributed by atoms with Crippen LogP contribution >= 0.6 is 11.6 Å². The number of rotatable bonds is 5. The molecule has 0 radical (unpaired) electrons. The third-order valence-corrected chi connectivity index (χ3v) is 3.49. The number of halogens is 10. The molecule has 0 saturated carbocycles. The molecule has 0 spiro atoms. The van der Waals surface area contributed by atoms with Gasteiger partial charge in [0.15, 0.2) is 0 Å². The Balaban J connectivity index is 3.07. The van der Waals surface area contributed by atoms with Crippen molar-refractivity contribution in [2.75, 3.05) is 0 Å². The van der Waals surface area contributed by atoms with Gasteiger partial charge in [-0.05, 0) is 12.5 Å². The Kier molecular flexibility index (Phi) is 5.26. The van der Waals surface area contributed by atoms with Crippen LogP contribution in [-0.4, -0.2) is 23.9 Å². The van der Waals surface area contributed by atoms with Crippen LogP contribution in [0.3, 0.4) is 0 Å². The molecule has 1 atom stereocenters. The second kappa shape index (κ2) is 6.07. The molecule has 10 heteroatoms. The van der Waals surface area contributed by atoms with Crippen LogP contribution in [0.4, 0.5) is 39.5 Å². The van der Waals surface area contributed by atoms with Gasteiger partial charge < -0.3 is 0 Å². The van der Waals surface area contributed by atoms with E-state index in [1.165, 1.54) is 24.3 Å². The van der Waals surface area contributed by atoms with Gasteiger partial charge in [0.2, 0.25) is 0 Å². The van der Waals surface area contributed by atoms with Crippen LogP contribution in [0.2, 0.25) is 0 Å². The lowest BCUT2D eigenvalue weighted by molar-refractivity contribution is -0.396. The summed E-state index contributed by atoms with van der Waals surface area (Å²) in [4.78, 5) is 0. The van der Waals surface area contributed by atoms with Crippen LogP contribution in [0.1, 0.15) is 22.9 Å². The zero-order chi connectivity index (χ0) is 18.3. The van der Waals surface area contributed by atoms with Gasteiger partial charge in [0, 0.05) is 6.42 Å². The fraction of sp³-hybridized carbons (Fsp3) is 0.538. The minimum atomic E-state index is -6.90. The van der Waals surface area contributed by atoms with Crippen molar-refractivity contribution >= 4 is 11.6 Å². The average molecular weight is 373 g/mol. The molecule has 23 heavy (non-hydrogen) atoms. The highest BCUT2D eigenvalue weighted by Gasteiger charge is 2.81. The molecule has 0 aliphatic carbocycles.